The van der Waals surface area contributed by atoms with Gasteiger partial charge in [-0.3, -0.25) is 0 Å². The zero-order chi connectivity index (χ0) is 12.1. The number of halogens is 3. The lowest BCUT2D eigenvalue weighted by atomic mass is 10.2. The molecular weight excluding hydrogens is 402 g/mol. The van der Waals surface area contributed by atoms with Gasteiger partial charge in [0.25, 0.3) is 0 Å². The Kier molecular flexibility index (Phi) is 5.81. The van der Waals surface area contributed by atoms with E-state index in [1.54, 1.807) is 0 Å². The van der Waals surface area contributed by atoms with E-state index < -0.39 is 6.10 Å². The minimum absolute atomic E-state index is 0.414. The predicted molar refractivity (Wildman–Crippen MR) is 74.8 cm³/mol. The van der Waals surface area contributed by atoms with E-state index in [0.29, 0.717) is 12.2 Å². The van der Waals surface area contributed by atoms with Gasteiger partial charge in [0.2, 0.25) is 0 Å². The lowest BCUT2D eigenvalue weighted by Crippen LogP contribution is -2.13. The molecule has 0 fully saturated rings. The molecule has 0 aliphatic carbocycles. The van der Waals surface area contributed by atoms with Gasteiger partial charge >= 0.3 is 0 Å². The molecule has 1 rings (SSSR count). The fourth-order valence-electron chi connectivity index (χ4n) is 1.15. The third-order valence-corrected chi connectivity index (χ3v) is 3.81. The molecule has 0 aromatic heterocycles. The Bertz CT molecular complexity index is 391. The van der Waals surface area contributed by atoms with E-state index in [1.165, 1.54) is 0 Å². The zero-order valence-electron chi connectivity index (χ0n) is 8.64. The van der Waals surface area contributed by atoms with E-state index in [2.05, 4.69) is 53.9 Å². The number of nitrogens with zero attached hydrogens (tertiary/aromatic N) is 1. The van der Waals surface area contributed by atoms with E-state index >= 15 is 0 Å². The van der Waals surface area contributed by atoms with Crippen LogP contribution in [0.3, 0.4) is 0 Å². The molecule has 0 bridgehead atoms. The molecule has 0 aliphatic heterocycles. The summed E-state index contributed by atoms with van der Waals surface area (Å²) in [6.45, 7) is 1.92. The maximum Gasteiger partial charge on any atom is 0.184 e. The Labute approximate surface area is 120 Å². The van der Waals surface area contributed by atoms with Gasteiger partial charge in [-0.1, -0.05) is 22.9 Å². The Morgan fingerprint density at radius 3 is 2.31 bits per heavy atom. The Balaban J connectivity index is 3.01. The van der Waals surface area contributed by atoms with Crippen molar-refractivity contribution in [3.63, 3.8) is 0 Å². The molecule has 1 unspecified atom stereocenters. The molecule has 16 heavy (non-hydrogen) atoms. The SMILES string of the molecule is CCC(C#N)Oc1c(Br)cc(CBr)cc1Br. The normalized spacial score (nSPS) is 11.9. The first-order valence-electron chi connectivity index (χ1n) is 4.72. The van der Waals surface area contributed by atoms with E-state index in [-0.39, 0.29) is 0 Å². The molecule has 5 heteroatoms. The molecule has 0 amide bonds. The fourth-order valence-corrected chi connectivity index (χ4v) is 2.94. The van der Waals surface area contributed by atoms with Gasteiger partial charge in [-0.15, -0.1) is 0 Å². The lowest BCUT2D eigenvalue weighted by Gasteiger charge is -2.14. The van der Waals surface area contributed by atoms with Crippen LogP contribution in [0.1, 0.15) is 18.9 Å². The van der Waals surface area contributed by atoms with Gasteiger partial charge in [-0.25, -0.2) is 0 Å². The number of hydrogen-bond donors (Lipinski definition) is 0. The van der Waals surface area contributed by atoms with Crippen LogP contribution in [-0.4, -0.2) is 6.10 Å². The Morgan fingerprint density at radius 1 is 1.38 bits per heavy atom. The topological polar surface area (TPSA) is 33.0 Å². The van der Waals surface area contributed by atoms with Crippen LogP contribution in [0.4, 0.5) is 0 Å². The quantitative estimate of drug-likeness (QED) is 0.667. The second-order valence-corrected chi connectivity index (χ2v) is 5.44. The maximum atomic E-state index is 8.86. The van der Waals surface area contributed by atoms with Gasteiger partial charge < -0.3 is 4.74 Å². The van der Waals surface area contributed by atoms with Crippen molar-refractivity contribution in [1.82, 2.24) is 0 Å². The minimum Gasteiger partial charge on any atom is -0.473 e. The van der Waals surface area contributed by atoms with Crippen LogP contribution in [0, 0.1) is 11.3 Å². The van der Waals surface area contributed by atoms with Crippen molar-refractivity contribution in [3.8, 4) is 11.8 Å². The van der Waals surface area contributed by atoms with Crippen LogP contribution in [0.2, 0.25) is 0 Å². The third kappa shape index (κ3) is 3.47. The van der Waals surface area contributed by atoms with Crippen LogP contribution in [0.25, 0.3) is 0 Å². The lowest BCUT2D eigenvalue weighted by molar-refractivity contribution is 0.248. The molecular formula is C11H10Br3NO. The predicted octanol–water partition coefficient (Wildman–Crippen LogP) is 4.79. The van der Waals surface area contributed by atoms with Crippen molar-refractivity contribution in [3.05, 3.63) is 26.6 Å². The summed E-state index contributed by atoms with van der Waals surface area (Å²) >= 11 is 10.3. The van der Waals surface area contributed by atoms with Crippen LogP contribution >= 0.6 is 47.8 Å². The summed E-state index contributed by atoms with van der Waals surface area (Å²) in [6.07, 6.45) is 0.248. The first-order chi connectivity index (χ1) is 7.62. The highest BCUT2D eigenvalue weighted by Gasteiger charge is 2.13. The summed E-state index contributed by atoms with van der Waals surface area (Å²) in [5, 5.41) is 9.63. The molecule has 0 radical (unpaired) electrons. The summed E-state index contributed by atoms with van der Waals surface area (Å²) in [5.41, 5.74) is 1.14. The molecule has 0 saturated carbocycles. The third-order valence-electron chi connectivity index (χ3n) is 1.99. The number of hydrogen-bond acceptors (Lipinski definition) is 2. The number of ether oxygens (including phenoxy) is 1. The first kappa shape index (κ1) is 14.0. The highest BCUT2D eigenvalue weighted by Crippen LogP contribution is 2.36. The number of benzene rings is 1. The van der Waals surface area contributed by atoms with E-state index in [4.69, 9.17) is 10.00 Å². The molecule has 0 aliphatic rings. The van der Waals surface area contributed by atoms with Gasteiger partial charge in [0.05, 0.1) is 8.95 Å². The van der Waals surface area contributed by atoms with Gasteiger partial charge in [0.15, 0.2) is 6.10 Å². The molecule has 1 aromatic rings. The van der Waals surface area contributed by atoms with Crippen molar-refractivity contribution in [2.75, 3.05) is 0 Å². The Hall–Kier alpha value is -0.0500. The molecule has 0 saturated heterocycles. The van der Waals surface area contributed by atoms with Crippen molar-refractivity contribution in [2.45, 2.75) is 24.8 Å². The molecule has 0 spiro atoms. The van der Waals surface area contributed by atoms with Crippen molar-refractivity contribution >= 4 is 47.8 Å². The average molecular weight is 412 g/mol. The van der Waals surface area contributed by atoms with Crippen LogP contribution < -0.4 is 4.74 Å². The number of nitriles is 1. The van der Waals surface area contributed by atoms with Crippen molar-refractivity contribution in [1.29, 1.82) is 5.26 Å². The van der Waals surface area contributed by atoms with Gasteiger partial charge in [0.1, 0.15) is 11.8 Å². The largest absolute Gasteiger partial charge is 0.473 e. The van der Waals surface area contributed by atoms with Crippen LogP contribution in [0.15, 0.2) is 21.1 Å². The molecule has 1 atom stereocenters. The van der Waals surface area contributed by atoms with E-state index in [1.807, 2.05) is 19.1 Å². The van der Waals surface area contributed by atoms with Crippen molar-refractivity contribution in [2.24, 2.45) is 0 Å². The smallest absolute Gasteiger partial charge is 0.184 e. The second kappa shape index (κ2) is 6.63. The van der Waals surface area contributed by atoms with E-state index in [0.717, 1.165) is 19.8 Å². The summed E-state index contributed by atoms with van der Waals surface area (Å²) in [5.74, 6) is 0.679. The van der Waals surface area contributed by atoms with E-state index in [9.17, 15) is 0 Å². The Morgan fingerprint density at radius 2 is 1.94 bits per heavy atom. The standard InChI is InChI=1S/C11H10Br3NO/c1-2-8(6-15)16-11-9(13)3-7(5-12)4-10(11)14/h3-4,8H,2,5H2,1H3. The first-order valence-corrected chi connectivity index (χ1v) is 7.43. The van der Waals surface area contributed by atoms with Crippen molar-refractivity contribution < 1.29 is 4.74 Å². The molecule has 0 N–H and O–H groups in total. The zero-order valence-corrected chi connectivity index (χ0v) is 13.4. The number of alkyl halides is 1. The fraction of sp³-hybridized carbons (Fsp3) is 0.364. The summed E-state index contributed by atoms with van der Waals surface area (Å²) in [6, 6.07) is 6.05. The van der Waals surface area contributed by atoms with Gasteiger partial charge in [-0.05, 0) is 56.0 Å². The molecule has 0 heterocycles. The monoisotopic (exact) mass is 409 g/mol. The molecule has 86 valence electrons. The average Bonchev–Trinajstić information content (AvgIpc) is 2.28. The second-order valence-electron chi connectivity index (χ2n) is 3.17. The molecule has 1 aromatic carbocycles. The highest BCUT2D eigenvalue weighted by molar-refractivity contribution is 9.11. The van der Waals surface area contributed by atoms with Crippen LogP contribution in [0.5, 0.6) is 5.75 Å². The summed E-state index contributed by atoms with van der Waals surface area (Å²) < 4.78 is 7.31. The highest BCUT2D eigenvalue weighted by atomic mass is 79.9. The summed E-state index contributed by atoms with van der Waals surface area (Å²) in [7, 11) is 0. The number of rotatable bonds is 4. The summed E-state index contributed by atoms with van der Waals surface area (Å²) in [4.78, 5) is 0. The maximum absolute atomic E-state index is 8.86. The van der Waals surface area contributed by atoms with Gasteiger partial charge in [0, 0.05) is 5.33 Å². The van der Waals surface area contributed by atoms with Gasteiger partial charge in [-0.2, -0.15) is 5.26 Å². The molecule has 2 nitrogen and oxygen atoms in total. The minimum atomic E-state index is -0.414. The van der Waals surface area contributed by atoms with Crippen LogP contribution in [-0.2, 0) is 5.33 Å².